The first kappa shape index (κ1) is 13.8. The van der Waals surface area contributed by atoms with Crippen molar-refractivity contribution in [3.05, 3.63) is 0 Å². The average Bonchev–Trinajstić information content (AvgIpc) is 2.86. The zero-order chi connectivity index (χ0) is 12.8. The maximum Gasteiger partial charge on any atom is 0.248 e. The summed E-state index contributed by atoms with van der Waals surface area (Å²) in [6.07, 6.45) is 4.06. The molecule has 1 amide bonds. The number of nitrogens with one attached hydrogen (secondary N) is 1. The van der Waals surface area contributed by atoms with E-state index in [1.54, 1.807) is 0 Å². The summed E-state index contributed by atoms with van der Waals surface area (Å²) < 4.78 is 5.67. The van der Waals surface area contributed by atoms with E-state index in [0.29, 0.717) is 5.92 Å². The molecular formula is C13H24N2O3. The molecule has 0 aromatic heterocycles. The molecule has 5 nitrogen and oxygen atoms in total. The predicted molar refractivity (Wildman–Crippen MR) is 68.2 cm³/mol. The van der Waals surface area contributed by atoms with Crippen molar-refractivity contribution in [2.75, 3.05) is 39.4 Å². The standard InChI is InChI=1S/C13H24N2O3/c16-8-4-11-3-7-15(9-11)13(17)10-18-12-1-5-14-6-2-12/h11-12,14,16H,1-10H2. The van der Waals surface area contributed by atoms with Crippen molar-refractivity contribution < 1.29 is 14.6 Å². The lowest BCUT2D eigenvalue weighted by molar-refractivity contribution is -0.137. The Hall–Kier alpha value is -0.650. The second kappa shape index (κ2) is 7.07. The van der Waals surface area contributed by atoms with Crippen LogP contribution in [0.15, 0.2) is 0 Å². The number of ether oxygens (including phenoxy) is 1. The highest BCUT2D eigenvalue weighted by Gasteiger charge is 2.26. The minimum atomic E-state index is 0.106. The Morgan fingerprint density at radius 2 is 2.11 bits per heavy atom. The minimum Gasteiger partial charge on any atom is -0.396 e. The van der Waals surface area contributed by atoms with Gasteiger partial charge in [0.1, 0.15) is 6.61 Å². The lowest BCUT2D eigenvalue weighted by atomic mass is 10.1. The largest absolute Gasteiger partial charge is 0.396 e. The van der Waals surface area contributed by atoms with Crippen LogP contribution < -0.4 is 5.32 Å². The van der Waals surface area contributed by atoms with E-state index in [4.69, 9.17) is 9.84 Å². The van der Waals surface area contributed by atoms with Gasteiger partial charge in [-0.1, -0.05) is 0 Å². The first-order valence-electron chi connectivity index (χ1n) is 7.00. The molecule has 0 aromatic carbocycles. The maximum absolute atomic E-state index is 12.0. The molecule has 2 rings (SSSR count). The molecule has 0 radical (unpaired) electrons. The summed E-state index contributed by atoms with van der Waals surface area (Å²) in [6.45, 7) is 4.02. The first-order valence-corrected chi connectivity index (χ1v) is 7.00. The van der Waals surface area contributed by atoms with Crippen LogP contribution in [0.25, 0.3) is 0 Å². The Labute approximate surface area is 108 Å². The van der Waals surface area contributed by atoms with E-state index in [-0.39, 0.29) is 25.2 Å². The van der Waals surface area contributed by atoms with E-state index in [1.165, 1.54) is 0 Å². The third kappa shape index (κ3) is 3.93. The van der Waals surface area contributed by atoms with Crippen molar-refractivity contribution in [1.82, 2.24) is 10.2 Å². The average molecular weight is 256 g/mol. The number of piperidine rings is 1. The number of aliphatic hydroxyl groups excluding tert-OH is 1. The molecule has 2 fully saturated rings. The third-order valence-corrected chi connectivity index (χ3v) is 3.90. The Morgan fingerprint density at radius 1 is 1.33 bits per heavy atom. The molecule has 2 aliphatic rings. The fourth-order valence-electron chi connectivity index (χ4n) is 2.72. The highest BCUT2D eigenvalue weighted by molar-refractivity contribution is 5.77. The number of amides is 1. The molecule has 2 heterocycles. The summed E-state index contributed by atoms with van der Waals surface area (Å²) in [5.41, 5.74) is 0. The maximum atomic E-state index is 12.0. The number of hydrogen-bond acceptors (Lipinski definition) is 4. The zero-order valence-corrected chi connectivity index (χ0v) is 10.9. The van der Waals surface area contributed by atoms with E-state index < -0.39 is 0 Å². The van der Waals surface area contributed by atoms with Crippen molar-refractivity contribution in [2.45, 2.75) is 31.8 Å². The number of carbonyl (C=O) groups excluding carboxylic acids is 1. The lowest BCUT2D eigenvalue weighted by Gasteiger charge is -2.24. The molecule has 104 valence electrons. The molecule has 0 bridgehead atoms. The minimum absolute atomic E-state index is 0.106. The fraction of sp³-hybridized carbons (Fsp3) is 0.923. The van der Waals surface area contributed by atoms with Crippen molar-refractivity contribution in [1.29, 1.82) is 0 Å². The topological polar surface area (TPSA) is 61.8 Å². The van der Waals surface area contributed by atoms with Gasteiger partial charge in [-0.15, -0.1) is 0 Å². The summed E-state index contributed by atoms with van der Waals surface area (Å²) in [7, 11) is 0. The Bertz CT molecular complexity index is 267. The SMILES string of the molecule is O=C(COC1CCNCC1)N1CCC(CCO)C1. The van der Waals surface area contributed by atoms with Gasteiger partial charge >= 0.3 is 0 Å². The number of hydrogen-bond donors (Lipinski definition) is 2. The van der Waals surface area contributed by atoms with Crippen LogP contribution in [0.1, 0.15) is 25.7 Å². The van der Waals surface area contributed by atoms with Crippen molar-refractivity contribution in [2.24, 2.45) is 5.92 Å². The predicted octanol–water partition coefficient (Wildman–Crippen LogP) is -0.0141. The van der Waals surface area contributed by atoms with Gasteiger partial charge in [0.25, 0.3) is 0 Å². The molecule has 0 saturated carbocycles. The molecule has 2 saturated heterocycles. The van der Waals surface area contributed by atoms with Crippen LogP contribution in [0, 0.1) is 5.92 Å². The summed E-state index contributed by atoms with van der Waals surface area (Å²) in [6, 6.07) is 0. The van der Waals surface area contributed by atoms with Crippen LogP contribution in [0.3, 0.4) is 0 Å². The quantitative estimate of drug-likeness (QED) is 0.726. The zero-order valence-electron chi connectivity index (χ0n) is 10.9. The van der Waals surface area contributed by atoms with Crippen molar-refractivity contribution >= 4 is 5.91 Å². The second-order valence-electron chi connectivity index (χ2n) is 5.27. The van der Waals surface area contributed by atoms with E-state index in [2.05, 4.69) is 5.32 Å². The number of likely N-dealkylation sites (tertiary alicyclic amines) is 1. The highest BCUT2D eigenvalue weighted by atomic mass is 16.5. The van der Waals surface area contributed by atoms with Crippen molar-refractivity contribution in [3.63, 3.8) is 0 Å². The summed E-state index contributed by atoms with van der Waals surface area (Å²) in [5.74, 6) is 0.576. The molecule has 0 aromatic rings. The van der Waals surface area contributed by atoms with Crippen LogP contribution in [0.2, 0.25) is 0 Å². The lowest BCUT2D eigenvalue weighted by Crippen LogP contribution is -2.37. The van der Waals surface area contributed by atoms with E-state index in [9.17, 15) is 4.79 Å². The number of carbonyl (C=O) groups is 1. The van der Waals surface area contributed by atoms with E-state index >= 15 is 0 Å². The van der Waals surface area contributed by atoms with E-state index in [1.807, 2.05) is 4.90 Å². The highest BCUT2D eigenvalue weighted by Crippen LogP contribution is 2.19. The van der Waals surface area contributed by atoms with Gasteiger partial charge in [0, 0.05) is 19.7 Å². The van der Waals surface area contributed by atoms with E-state index in [0.717, 1.165) is 51.9 Å². The molecule has 5 heteroatoms. The second-order valence-corrected chi connectivity index (χ2v) is 5.27. The van der Waals surface area contributed by atoms with Gasteiger partial charge in [-0.2, -0.15) is 0 Å². The molecule has 2 N–H and O–H groups in total. The van der Waals surface area contributed by atoms with Crippen LogP contribution in [0.4, 0.5) is 0 Å². The third-order valence-electron chi connectivity index (χ3n) is 3.90. The Kier molecular flexibility index (Phi) is 5.41. The summed E-state index contributed by atoms with van der Waals surface area (Å²) >= 11 is 0. The van der Waals surface area contributed by atoms with Gasteiger partial charge in [-0.25, -0.2) is 0 Å². The molecule has 1 unspecified atom stereocenters. The molecular weight excluding hydrogens is 232 g/mol. The molecule has 2 aliphatic heterocycles. The first-order chi connectivity index (χ1) is 8.79. The number of rotatable bonds is 5. The summed E-state index contributed by atoms with van der Waals surface area (Å²) in [5, 5.41) is 12.2. The fourth-order valence-corrected chi connectivity index (χ4v) is 2.72. The van der Waals surface area contributed by atoms with Gasteiger partial charge < -0.3 is 20.1 Å². The molecule has 1 atom stereocenters. The molecule has 0 aliphatic carbocycles. The molecule has 18 heavy (non-hydrogen) atoms. The normalized spacial score (nSPS) is 25.6. The van der Waals surface area contributed by atoms with Crippen LogP contribution in [-0.2, 0) is 9.53 Å². The molecule has 0 spiro atoms. The number of aliphatic hydroxyl groups is 1. The van der Waals surface area contributed by atoms with Crippen molar-refractivity contribution in [3.8, 4) is 0 Å². The van der Waals surface area contributed by atoms with Crippen LogP contribution in [-0.4, -0.2) is 61.4 Å². The summed E-state index contributed by atoms with van der Waals surface area (Å²) in [4.78, 5) is 13.8. The van der Waals surface area contributed by atoms with Gasteiger partial charge in [0.2, 0.25) is 5.91 Å². The Balaban J connectivity index is 1.65. The van der Waals surface area contributed by atoms with Crippen LogP contribution in [0.5, 0.6) is 0 Å². The monoisotopic (exact) mass is 256 g/mol. The van der Waals surface area contributed by atoms with Crippen LogP contribution >= 0.6 is 0 Å². The van der Waals surface area contributed by atoms with Gasteiger partial charge in [-0.3, -0.25) is 4.79 Å². The Morgan fingerprint density at radius 3 is 2.83 bits per heavy atom. The van der Waals surface area contributed by atoms with Gasteiger partial charge in [0.15, 0.2) is 0 Å². The number of nitrogens with zero attached hydrogens (tertiary/aromatic N) is 1. The van der Waals surface area contributed by atoms with Gasteiger partial charge in [-0.05, 0) is 44.7 Å². The smallest absolute Gasteiger partial charge is 0.248 e. The van der Waals surface area contributed by atoms with Gasteiger partial charge in [0.05, 0.1) is 6.10 Å².